The molecule has 24 heavy (non-hydrogen) atoms. The van der Waals surface area contributed by atoms with E-state index in [9.17, 15) is 9.59 Å². The van der Waals surface area contributed by atoms with Gasteiger partial charge in [0, 0.05) is 5.92 Å². The second-order valence-electron chi connectivity index (χ2n) is 5.62. The summed E-state index contributed by atoms with van der Waals surface area (Å²) in [6.45, 7) is 3.77. The fourth-order valence-electron chi connectivity index (χ4n) is 2.32. The van der Waals surface area contributed by atoms with E-state index in [2.05, 4.69) is 10.3 Å². The van der Waals surface area contributed by atoms with Crippen molar-refractivity contribution in [3.8, 4) is 5.75 Å². The summed E-state index contributed by atoms with van der Waals surface area (Å²) < 4.78 is 10.3. The maximum Gasteiger partial charge on any atom is 0.305 e. The van der Waals surface area contributed by atoms with Crippen molar-refractivity contribution in [1.82, 2.24) is 10.3 Å². The number of carboxylic acids is 1. The summed E-state index contributed by atoms with van der Waals surface area (Å²) >= 11 is 0. The van der Waals surface area contributed by atoms with Gasteiger partial charge in [-0.25, -0.2) is 4.98 Å². The van der Waals surface area contributed by atoms with E-state index in [0.29, 0.717) is 17.1 Å². The molecule has 0 unspecified atom stereocenters. The second-order valence-corrected chi connectivity index (χ2v) is 5.62. The van der Waals surface area contributed by atoms with Crippen LogP contribution in [0.15, 0.2) is 35.1 Å². The second kappa shape index (κ2) is 7.63. The summed E-state index contributed by atoms with van der Waals surface area (Å²) in [7, 11) is 1.55. The van der Waals surface area contributed by atoms with Gasteiger partial charge >= 0.3 is 5.97 Å². The quantitative estimate of drug-likeness (QED) is 0.808. The fraction of sp³-hybridized carbons (Fsp3) is 0.353. The van der Waals surface area contributed by atoms with Gasteiger partial charge in [-0.15, -0.1) is 0 Å². The number of methoxy groups -OCH3 is 1. The summed E-state index contributed by atoms with van der Waals surface area (Å²) in [4.78, 5) is 27.6. The Labute approximate surface area is 139 Å². The molecule has 7 heteroatoms. The SMILES string of the molecule is COc1ccc([C@@H](CC(=O)O)NC(=O)c2ncoc2C(C)C)cc1. The minimum Gasteiger partial charge on any atom is -0.497 e. The molecule has 0 aliphatic rings. The molecule has 2 N–H and O–H groups in total. The Bertz CT molecular complexity index is 706. The van der Waals surface area contributed by atoms with Crippen molar-refractivity contribution in [3.63, 3.8) is 0 Å². The molecule has 1 aromatic heterocycles. The molecule has 0 saturated carbocycles. The van der Waals surface area contributed by atoms with Crippen molar-refractivity contribution in [2.45, 2.75) is 32.2 Å². The lowest BCUT2D eigenvalue weighted by molar-refractivity contribution is -0.137. The van der Waals surface area contributed by atoms with Crippen molar-refractivity contribution in [1.29, 1.82) is 0 Å². The molecule has 0 radical (unpaired) electrons. The number of ether oxygens (including phenoxy) is 1. The van der Waals surface area contributed by atoms with Crippen LogP contribution < -0.4 is 10.1 Å². The molecule has 1 heterocycles. The van der Waals surface area contributed by atoms with Crippen molar-refractivity contribution in [2.24, 2.45) is 0 Å². The Morgan fingerprint density at radius 1 is 1.29 bits per heavy atom. The van der Waals surface area contributed by atoms with Crippen molar-refractivity contribution >= 4 is 11.9 Å². The minimum absolute atomic E-state index is 0.00726. The number of aliphatic carboxylic acids is 1. The fourth-order valence-corrected chi connectivity index (χ4v) is 2.32. The maximum atomic E-state index is 12.5. The molecule has 1 amide bonds. The third-order valence-electron chi connectivity index (χ3n) is 3.54. The van der Waals surface area contributed by atoms with E-state index < -0.39 is 17.9 Å². The number of nitrogens with one attached hydrogen (secondary N) is 1. The summed E-state index contributed by atoms with van der Waals surface area (Å²) in [5, 5.41) is 11.8. The summed E-state index contributed by atoms with van der Waals surface area (Å²) in [6, 6.07) is 6.19. The first-order valence-electron chi connectivity index (χ1n) is 7.52. The van der Waals surface area contributed by atoms with Crippen LogP contribution in [0.1, 0.15) is 54.0 Å². The van der Waals surface area contributed by atoms with Gasteiger partial charge in [-0.1, -0.05) is 26.0 Å². The zero-order valence-electron chi connectivity index (χ0n) is 13.8. The van der Waals surface area contributed by atoms with Gasteiger partial charge in [-0.3, -0.25) is 9.59 Å². The van der Waals surface area contributed by atoms with E-state index in [-0.39, 0.29) is 18.0 Å². The van der Waals surface area contributed by atoms with Crippen LogP contribution in [-0.4, -0.2) is 29.1 Å². The third-order valence-corrected chi connectivity index (χ3v) is 3.54. The van der Waals surface area contributed by atoms with Gasteiger partial charge in [-0.05, 0) is 17.7 Å². The molecule has 128 valence electrons. The van der Waals surface area contributed by atoms with Crippen molar-refractivity contribution in [3.05, 3.63) is 47.7 Å². The largest absolute Gasteiger partial charge is 0.497 e. The Morgan fingerprint density at radius 2 is 1.96 bits per heavy atom. The number of carbonyl (C=O) groups excluding carboxylic acids is 1. The number of hydrogen-bond acceptors (Lipinski definition) is 5. The molecule has 2 rings (SSSR count). The predicted octanol–water partition coefficient (Wildman–Crippen LogP) is 2.75. The zero-order valence-corrected chi connectivity index (χ0v) is 13.8. The molecule has 1 atom stereocenters. The highest BCUT2D eigenvalue weighted by Gasteiger charge is 2.24. The van der Waals surface area contributed by atoms with E-state index in [0.717, 1.165) is 0 Å². The molecule has 7 nitrogen and oxygen atoms in total. The van der Waals surface area contributed by atoms with Crippen LogP contribution in [0.2, 0.25) is 0 Å². The molecule has 2 aromatic rings. The third kappa shape index (κ3) is 4.13. The first-order valence-corrected chi connectivity index (χ1v) is 7.52. The van der Waals surface area contributed by atoms with Gasteiger partial charge in [-0.2, -0.15) is 0 Å². The highest BCUT2D eigenvalue weighted by molar-refractivity contribution is 5.93. The van der Waals surface area contributed by atoms with Crippen LogP contribution in [0.25, 0.3) is 0 Å². The molecular weight excluding hydrogens is 312 g/mol. The van der Waals surface area contributed by atoms with E-state index >= 15 is 0 Å². The number of amides is 1. The van der Waals surface area contributed by atoms with E-state index in [1.807, 2.05) is 13.8 Å². The van der Waals surface area contributed by atoms with Crippen LogP contribution >= 0.6 is 0 Å². The number of carbonyl (C=O) groups is 2. The molecule has 1 aromatic carbocycles. The van der Waals surface area contributed by atoms with Crippen LogP contribution in [-0.2, 0) is 4.79 Å². The first kappa shape index (κ1) is 17.5. The van der Waals surface area contributed by atoms with Gasteiger partial charge in [0.1, 0.15) is 11.5 Å². The molecule has 0 bridgehead atoms. The average Bonchev–Trinajstić information content (AvgIpc) is 3.04. The van der Waals surface area contributed by atoms with Crippen molar-refractivity contribution < 1.29 is 23.8 Å². The molecule has 0 fully saturated rings. The number of aromatic nitrogens is 1. The summed E-state index contributed by atoms with van der Waals surface area (Å²) in [5.74, 6) is -0.365. The number of benzene rings is 1. The predicted molar refractivity (Wildman–Crippen MR) is 86.0 cm³/mol. The number of rotatable bonds is 7. The Balaban J connectivity index is 2.23. The lowest BCUT2D eigenvalue weighted by Crippen LogP contribution is -2.31. The molecule has 0 spiro atoms. The van der Waals surface area contributed by atoms with E-state index in [1.54, 1.807) is 31.4 Å². The highest BCUT2D eigenvalue weighted by atomic mass is 16.5. The molecule has 0 saturated heterocycles. The van der Waals surface area contributed by atoms with Crippen LogP contribution in [0.5, 0.6) is 5.75 Å². The highest BCUT2D eigenvalue weighted by Crippen LogP contribution is 2.23. The van der Waals surface area contributed by atoms with Gasteiger partial charge < -0.3 is 19.6 Å². The average molecular weight is 332 g/mol. The van der Waals surface area contributed by atoms with Crippen LogP contribution in [0.3, 0.4) is 0 Å². The van der Waals surface area contributed by atoms with E-state index in [4.69, 9.17) is 14.3 Å². The number of oxazole rings is 1. The van der Waals surface area contributed by atoms with E-state index in [1.165, 1.54) is 6.39 Å². The summed E-state index contributed by atoms with van der Waals surface area (Å²) in [5.41, 5.74) is 0.843. The maximum absolute atomic E-state index is 12.5. The topological polar surface area (TPSA) is 102 Å². The van der Waals surface area contributed by atoms with Gasteiger partial charge in [0.05, 0.1) is 19.6 Å². The standard InChI is InChI=1S/C17H20N2O5/c1-10(2)16-15(18-9-24-16)17(22)19-13(8-14(20)21)11-4-6-12(23-3)7-5-11/h4-7,9-10,13H,8H2,1-3H3,(H,19,22)(H,20,21)/t13-/m1/s1. The summed E-state index contributed by atoms with van der Waals surface area (Å²) in [6.07, 6.45) is 0.969. The number of nitrogens with zero attached hydrogens (tertiary/aromatic N) is 1. The molecule has 0 aliphatic carbocycles. The van der Waals surface area contributed by atoms with Crippen LogP contribution in [0, 0.1) is 0 Å². The lowest BCUT2D eigenvalue weighted by atomic mass is 10.0. The Morgan fingerprint density at radius 3 is 2.50 bits per heavy atom. The van der Waals surface area contributed by atoms with Gasteiger partial charge in [0.15, 0.2) is 12.1 Å². The monoisotopic (exact) mass is 332 g/mol. The molecular formula is C17H20N2O5. The number of carboxylic acid groups (broad SMARTS) is 1. The first-order chi connectivity index (χ1) is 11.4. The smallest absolute Gasteiger partial charge is 0.305 e. The molecule has 0 aliphatic heterocycles. The zero-order chi connectivity index (χ0) is 17.7. The lowest BCUT2D eigenvalue weighted by Gasteiger charge is -2.17. The Kier molecular flexibility index (Phi) is 5.57. The van der Waals surface area contributed by atoms with Gasteiger partial charge in [0.25, 0.3) is 5.91 Å². The number of hydrogen-bond donors (Lipinski definition) is 2. The van der Waals surface area contributed by atoms with Crippen LogP contribution in [0.4, 0.5) is 0 Å². The normalized spacial score (nSPS) is 12.0. The minimum atomic E-state index is -1.01. The van der Waals surface area contributed by atoms with Gasteiger partial charge in [0.2, 0.25) is 0 Å². The Hall–Kier alpha value is -2.83. The van der Waals surface area contributed by atoms with Crippen molar-refractivity contribution in [2.75, 3.05) is 7.11 Å².